The molecule has 1 aromatic carbocycles. The van der Waals surface area contributed by atoms with Crippen LogP contribution in [-0.2, 0) is 13.1 Å². The normalized spacial score (nSPS) is 16.0. The highest BCUT2D eigenvalue weighted by Crippen LogP contribution is 2.43. The third-order valence-electron chi connectivity index (χ3n) is 5.49. The largest absolute Gasteiger partial charge is 0.253 e. The van der Waals surface area contributed by atoms with Crippen molar-refractivity contribution in [3.05, 3.63) is 72.2 Å². The second-order valence-corrected chi connectivity index (χ2v) is 7.80. The Kier molecular flexibility index (Phi) is 4.53. The van der Waals surface area contributed by atoms with Crippen LogP contribution in [-0.4, -0.2) is 25.7 Å². The Bertz CT molecular complexity index is 1210. The first kappa shape index (κ1) is 18.8. The molecule has 0 bridgehead atoms. The molecule has 0 atom stereocenters. The van der Waals surface area contributed by atoms with Crippen LogP contribution in [0.5, 0.6) is 0 Å². The molecule has 152 valence electrons. The molecular formula is C23H19F3N4. The van der Waals surface area contributed by atoms with Crippen LogP contribution in [0.1, 0.15) is 24.2 Å². The third-order valence-corrected chi connectivity index (χ3v) is 5.49. The smallest absolute Gasteiger partial charge is 0.248 e. The van der Waals surface area contributed by atoms with E-state index in [0.29, 0.717) is 17.9 Å². The first-order chi connectivity index (χ1) is 14.5. The molecule has 1 aliphatic rings. The van der Waals surface area contributed by atoms with E-state index in [1.165, 1.54) is 0 Å². The van der Waals surface area contributed by atoms with Crippen molar-refractivity contribution < 1.29 is 13.2 Å². The van der Waals surface area contributed by atoms with Crippen molar-refractivity contribution in [2.45, 2.75) is 31.9 Å². The van der Waals surface area contributed by atoms with Gasteiger partial charge in [0.05, 0.1) is 23.1 Å². The van der Waals surface area contributed by atoms with Gasteiger partial charge in [0.1, 0.15) is 6.67 Å². The minimum Gasteiger partial charge on any atom is -0.253 e. The molecule has 1 fully saturated rings. The van der Waals surface area contributed by atoms with Crippen LogP contribution >= 0.6 is 0 Å². The lowest BCUT2D eigenvalue weighted by Gasteiger charge is -2.34. The summed E-state index contributed by atoms with van der Waals surface area (Å²) in [5.74, 6) is -1.98. The highest BCUT2D eigenvalue weighted by molar-refractivity contribution is 5.84. The van der Waals surface area contributed by atoms with E-state index in [2.05, 4.69) is 10.1 Å². The Labute approximate surface area is 171 Å². The van der Waals surface area contributed by atoms with Crippen LogP contribution in [0.3, 0.4) is 0 Å². The summed E-state index contributed by atoms with van der Waals surface area (Å²) in [5.41, 5.74) is 3.68. The van der Waals surface area contributed by atoms with E-state index < -0.39 is 12.6 Å². The SMILES string of the molecule is FCc1cccc(-n2ncc3ccc(-c4cccc(CC5CC(F)(F)C5)n4)cc32)n1. The van der Waals surface area contributed by atoms with Crippen molar-refractivity contribution in [2.24, 2.45) is 5.92 Å². The lowest BCUT2D eigenvalue weighted by molar-refractivity contribution is -0.109. The van der Waals surface area contributed by atoms with Gasteiger partial charge >= 0.3 is 0 Å². The Morgan fingerprint density at radius 2 is 1.77 bits per heavy atom. The van der Waals surface area contributed by atoms with Crippen LogP contribution in [0.4, 0.5) is 13.2 Å². The summed E-state index contributed by atoms with van der Waals surface area (Å²) in [6.45, 7) is -0.637. The molecule has 7 heteroatoms. The van der Waals surface area contributed by atoms with Gasteiger partial charge in [-0.3, -0.25) is 4.98 Å². The van der Waals surface area contributed by atoms with E-state index in [1.54, 1.807) is 29.1 Å². The van der Waals surface area contributed by atoms with E-state index in [-0.39, 0.29) is 18.8 Å². The minimum absolute atomic E-state index is 0.0134. The molecule has 0 aliphatic heterocycles. The summed E-state index contributed by atoms with van der Waals surface area (Å²) in [7, 11) is 0. The number of alkyl halides is 3. The topological polar surface area (TPSA) is 43.6 Å². The van der Waals surface area contributed by atoms with Gasteiger partial charge in [-0.2, -0.15) is 5.10 Å². The van der Waals surface area contributed by atoms with Gasteiger partial charge in [0.25, 0.3) is 0 Å². The van der Waals surface area contributed by atoms with Crippen LogP contribution in [0, 0.1) is 5.92 Å². The molecule has 4 aromatic rings. The second-order valence-electron chi connectivity index (χ2n) is 7.80. The van der Waals surface area contributed by atoms with Crippen LogP contribution in [0.15, 0.2) is 60.8 Å². The molecular weight excluding hydrogens is 389 g/mol. The molecule has 1 aliphatic carbocycles. The van der Waals surface area contributed by atoms with Gasteiger partial charge in [-0.1, -0.05) is 24.3 Å². The van der Waals surface area contributed by atoms with Crippen LogP contribution in [0.2, 0.25) is 0 Å². The van der Waals surface area contributed by atoms with Crippen LogP contribution < -0.4 is 0 Å². The molecule has 3 aromatic heterocycles. The molecule has 30 heavy (non-hydrogen) atoms. The highest BCUT2D eigenvalue weighted by Gasteiger charge is 2.45. The lowest BCUT2D eigenvalue weighted by atomic mass is 9.78. The van der Waals surface area contributed by atoms with Gasteiger partial charge < -0.3 is 0 Å². The number of halogens is 3. The maximum atomic E-state index is 13.1. The summed E-state index contributed by atoms with van der Waals surface area (Å²) < 4.78 is 40.9. The predicted molar refractivity (Wildman–Crippen MR) is 108 cm³/mol. The average Bonchev–Trinajstić information content (AvgIpc) is 3.16. The van der Waals surface area contributed by atoms with Gasteiger partial charge in [-0.25, -0.2) is 22.8 Å². The van der Waals surface area contributed by atoms with Crippen molar-refractivity contribution in [2.75, 3.05) is 0 Å². The van der Waals surface area contributed by atoms with Crippen molar-refractivity contribution >= 4 is 10.9 Å². The molecule has 0 saturated heterocycles. The summed E-state index contributed by atoms with van der Waals surface area (Å²) >= 11 is 0. The van der Waals surface area contributed by atoms with Gasteiger partial charge in [0.2, 0.25) is 5.92 Å². The summed E-state index contributed by atoms with van der Waals surface area (Å²) in [6.07, 6.45) is 2.18. The Balaban J connectivity index is 1.47. The molecule has 0 N–H and O–H groups in total. The van der Waals surface area contributed by atoms with Crippen molar-refractivity contribution in [3.8, 4) is 17.1 Å². The monoisotopic (exact) mass is 408 g/mol. The third kappa shape index (κ3) is 3.56. The number of benzene rings is 1. The van der Waals surface area contributed by atoms with E-state index in [1.807, 2.05) is 36.4 Å². The highest BCUT2D eigenvalue weighted by atomic mass is 19.3. The molecule has 5 rings (SSSR count). The average molecular weight is 408 g/mol. The number of fused-ring (bicyclic) bond motifs is 1. The Morgan fingerprint density at radius 1 is 0.967 bits per heavy atom. The lowest BCUT2D eigenvalue weighted by Crippen LogP contribution is -2.36. The van der Waals surface area contributed by atoms with Gasteiger partial charge in [-0.05, 0) is 42.7 Å². The van der Waals surface area contributed by atoms with Crippen molar-refractivity contribution in [1.29, 1.82) is 0 Å². The fourth-order valence-electron chi connectivity index (χ4n) is 4.00. The molecule has 0 amide bonds. The molecule has 3 heterocycles. The fourth-order valence-corrected chi connectivity index (χ4v) is 4.00. The predicted octanol–water partition coefficient (Wildman–Crippen LogP) is 5.54. The number of hydrogen-bond donors (Lipinski definition) is 0. The van der Waals surface area contributed by atoms with E-state index in [9.17, 15) is 13.2 Å². The van der Waals surface area contributed by atoms with Crippen LogP contribution in [0.25, 0.3) is 28.0 Å². The molecule has 1 saturated carbocycles. The zero-order valence-electron chi connectivity index (χ0n) is 16.1. The number of aromatic nitrogens is 4. The molecule has 4 nitrogen and oxygen atoms in total. The first-order valence-corrected chi connectivity index (χ1v) is 9.85. The molecule has 0 unspecified atom stereocenters. The van der Waals surface area contributed by atoms with E-state index >= 15 is 0 Å². The Morgan fingerprint density at radius 3 is 2.57 bits per heavy atom. The van der Waals surface area contributed by atoms with Gasteiger partial charge in [0.15, 0.2) is 5.82 Å². The zero-order chi connectivity index (χ0) is 20.7. The summed E-state index contributed by atoms with van der Waals surface area (Å²) in [5, 5.41) is 5.33. The Hall–Kier alpha value is -3.22. The quantitative estimate of drug-likeness (QED) is 0.436. The maximum absolute atomic E-state index is 13.1. The first-order valence-electron chi connectivity index (χ1n) is 9.85. The van der Waals surface area contributed by atoms with Crippen molar-refractivity contribution in [1.82, 2.24) is 19.7 Å². The standard InChI is InChI=1S/C23H19F3N4/c24-13-19-4-2-6-22(29-19)30-21-10-16(7-8-17(21)14-27-30)20-5-1-3-18(28-20)9-15-11-23(25,26)12-15/h1-8,10,14-15H,9,11-13H2. The zero-order valence-corrected chi connectivity index (χ0v) is 16.1. The van der Waals surface area contributed by atoms with E-state index in [0.717, 1.165) is 27.9 Å². The fraction of sp³-hybridized carbons (Fsp3) is 0.261. The number of nitrogens with zero attached hydrogens (tertiary/aromatic N) is 4. The van der Waals surface area contributed by atoms with Crippen molar-refractivity contribution in [3.63, 3.8) is 0 Å². The minimum atomic E-state index is -2.51. The number of pyridine rings is 2. The summed E-state index contributed by atoms with van der Waals surface area (Å²) in [6, 6.07) is 16.7. The molecule has 0 radical (unpaired) electrons. The number of rotatable bonds is 5. The maximum Gasteiger partial charge on any atom is 0.248 e. The number of hydrogen-bond acceptors (Lipinski definition) is 3. The second kappa shape index (κ2) is 7.23. The summed E-state index contributed by atoms with van der Waals surface area (Å²) in [4.78, 5) is 9.00. The van der Waals surface area contributed by atoms with Gasteiger partial charge in [0, 0.05) is 29.5 Å². The van der Waals surface area contributed by atoms with Gasteiger partial charge in [-0.15, -0.1) is 0 Å². The molecule has 0 spiro atoms. The van der Waals surface area contributed by atoms with E-state index in [4.69, 9.17) is 4.98 Å².